The number of rotatable bonds is 5. The Labute approximate surface area is 122 Å². The molecule has 1 aromatic carbocycles. The number of carbonyl (C=O) groups excluding carboxylic acids is 2. The summed E-state index contributed by atoms with van der Waals surface area (Å²) in [6.07, 6.45) is 1.42. The number of halogens is 2. The molecule has 0 bridgehead atoms. The molecule has 0 aromatic heterocycles. The van der Waals surface area contributed by atoms with E-state index < -0.39 is 23.4 Å². The first-order valence-electron chi connectivity index (χ1n) is 6.67. The Morgan fingerprint density at radius 1 is 1.24 bits per heavy atom. The second-order valence-electron chi connectivity index (χ2n) is 4.96. The highest BCUT2D eigenvalue weighted by Crippen LogP contribution is 2.19. The summed E-state index contributed by atoms with van der Waals surface area (Å²) in [7, 11) is 0. The molecule has 114 valence electrons. The van der Waals surface area contributed by atoms with Crippen LogP contribution < -0.4 is 0 Å². The van der Waals surface area contributed by atoms with Gasteiger partial charge in [-0.2, -0.15) is 0 Å². The third-order valence-electron chi connectivity index (χ3n) is 2.73. The molecular weight excluding hydrogens is 278 g/mol. The van der Waals surface area contributed by atoms with E-state index in [1.54, 1.807) is 20.8 Å². The summed E-state index contributed by atoms with van der Waals surface area (Å²) in [6.45, 7) is 6.68. The summed E-state index contributed by atoms with van der Waals surface area (Å²) in [5.74, 6) is -3.45. The van der Waals surface area contributed by atoms with Crippen LogP contribution in [-0.4, -0.2) is 18.4 Å². The molecular formula is C16H18F2O3. The first-order valence-corrected chi connectivity index (χ1v) is 6.67. The SMILES string of the molecule is CCOC(=O)C(=CC(C)C)C(=O)c1cc(C)c(F)cc1F. The van der Waals surface area contributed by atoms with Crippen molar-refractivity contribution in [3.05, 3.63) is 46.5 Å². The Hall–Kier alpha value is -2.04. The van der Waals surface area contributed by atoms with Crippen LogP contribution in [0.3, 0.4) is 0 Å². The lowest BCUT2D eigenvalue weighted by molar-refractivity contribution is -0.138. The van der Waals surface area contributed by atoms with Crippen LogP contribution in [0.4, 0.5) is 8.78 Å². The minimum Gasteiger partial charge on any atom is -0.462 e. The lowest BCUT2D eigenvalue weighted by Gasteiger charge is -2.09. The Balaban J connectivity index is 3.30. The fraction of sp³-hybridized carbons (Fsp3) is 0.375. The lowest BCUT2D eigenvalue weighted by atomic mass is 9.98. The topological polar surface area (TPSA) is 43.4 Å². The van der Waals surface area contributed by atoms with Crippen LogP contribution in [0.25, 0.3) is 0 Å². The van der Waals surface area contributed by atoms with Gasteiger partial charge < -0.3 is 4.74 Å². The minimum atomic E-state index is -0.998. The molecule has 0 saturated heterocycles. The Morgan fingerprint density at radius 2 is 1.86 bits per heavy atom. The van der Waals surface area contributed by atoms with Gasteiger partial charge in [-0.25, -0.2) is 13.6 Å². The van der Waals surface area contributed by atoms with Crippen molar-refractivity contribution in [3.63, 3.8) is 0 Å². The molecule has 0 fully saturated rings. The molecule has 0 radical (unpaired) electrons. The van der Waals surface area contributed by atoms with E-state index in [0.717, 1.165) is 6.07 Å². The summed E-state index contributed by atoms with van der Waals surface area (Å²) >= 11 is 0. The van der Waals surface area contributed by atoms with E-state index in [2.05, 4.69) is 0 Å². The molecule has 3 nitrogen and oxygen atoms in total. The van der Waals surface area contributed by atoms with E-state index in [-0.39, 0.29) is 29.2 Å². The highest BCUT2D eigenvalue weighted by Gasteiger charge is 2.24. The van der Waals surface area contributed by atoms with Gasteiger partial charge in [-0.1, -0.05) is 19.9 Å². The van der Waals surface area contributed by atoms with Crippen molar-refractivity contribution < 1.29 is 23.1 Å². The number of ketones is 1. The van der Waals surface area contributed by atoms with Crippen LogP contribution in [0.5, 0.6) is 0 Å². The Kier molecular flexibility index (Phi) is 5.76. The van der Waals surface area contributed by atoms with E-state index in [4.69, 9.17) is 4.74 Å². The molecule has 0 heterocycles. The van der Waals surface area contributed by atoms with Crippen LogP contribution in [0, 0.1) is 24.5 Å². The predicted octanol–water partition coefficient (Wildman–Crippen LogP) is 3.60. The largest absolute Gasteiger partial charge is 0.462 e. The van der Waals surface area contributed by atoms with Gasteiger partial charge in [0.2, 0.25) is 5.78 Å². The first kappa shape index (κ1) is 17.0. The van der Waals surface area contributed by atoms with Crippen LogP contribution in [0.1, 0.15) is 36.7 Å². The molecule has 0 saturated carbocycles. The van der Waals surface area contributed by atoms with Crippen molar-refractivity contribution in [2.75, 3.05) is 6.61 Å². The third kappa shape index (κ3) is 4.21. The van der Waals surface area contributed by atoms with Crippen molar-refractivity contribution >= 4 is 11.8 Å². The van der Waals surface area contributed by atoms with Crippen LogP contribution in [-0.2, 0) is 9.53 Å². The zero-order valence-electron chi connectivity index (χ0n) is 12.5. The van der Waals surface area contributed by atoms with E-state index >= 15 is 0 Å². The summed E-state index contributed by atoms with van der Waals surface area (Å²) in [5, 5.41) is 0. The molecule has 0 aliphatic rings. The summed E-state index contributed by atoms with van der Waals surface area (Å²) in [4.78, 5) is 24.2. The normalized spacial score (nSPS) is 11.7. The molecule has 0 amide bonds. The van der Waals surface area contributed by atoms with Crippen molar-refractivity contribution in [2.45, 2.75) is 27.7 Å². The number of esters is 1. The quantitative estimate of drug-likeness (QED) is 0.274. The maximum atomic E-state index is 13.8. The first-order chi connectivity index (χ1) is 9.77. The fourth-order valence-electron chi connectivity index (χ4n) is 1.75. The number of hydrogen-bond acceptors (Lipinski definition) is 3. The molecule has 0 unspecified atom stereocenters. The van der Waals surface area contributed by atoms with Gasteiger partial charge in [0.25, 0.3) is 0 Å². The lowest BCUT2D eigenvalue weighted by Crippen LogP contribution is -2.18. The van der Waals surface area contributed by atoms with Gasteiger partial charge in [0.1, 0.15) is 17.2 Å². The van der Waals surface area contributed by atoms with Gasteiger partial charge in [0, 0.05) is 6.07 Å². The molecule has 21 heavy (non-hydrogen) atoms. The van der Waals surface area contributed by atoms with Gasteiger partial charge in [0.05, 0.1) is 12.2 Å². The van der Waals surface area contributed by atoms with Gasteiger partial charge in [0.15, 0.2) is 0 Å². The van der Waals surface area contributed by atoms with Gasteiger partial charge >= 0.3 is 5.97 Å². The highest BCUT2D eigenvalue weighted by molar-refractivity contribution is 6.24. The number of aryl methyl sites for hydroxylation is 1. The number of allylic oxidation sites excluding steroid dienone is 1. The summed E-state index contributed by atoms with van der Waals surface area (Å²) < 4.78 is 31.9. The second kappa shape index (κ2) is 7.11. The van der Waals surface area contributed by atoms with Crippen LogP contribution in [0.2, 0.25) is 0 Å². The van der Waals surface area contributed by atoms with E-state index in [9.17, 15) is 18.4 Å². The smallest absolute Gasteiger partial charge is 0.341 e. The van der Waals surface area contributed by atoms with E-state index in [1.807, 2.05) is 0 Å². The maximum absolute atomic E-state index is 13.8. The molecule has 5 heteroatoms. The van der Waals surface area contributed by atoms with Gasteiger partial charge in [-0.15, -0.1) is 0 Å². The minimum absolute atomic E-state index is 0.0991. The highest BCUT2D eigenvalue weighted by atomic mass is 19.1. The van der Waals surface area contributed by atoms with Crippen LogP contribution in [0.15, 0.2) is 23.8 Å². The fourth-order valence-corrected chi connectivity index (χ4v) is 1.75. The number of benzene rings is 1. The predicted molar refractivity (Wildman–Crippen MR) is 75.0 cm³/mol. The average molecular weight is 296 g/mol. The molecule has 1 aromatic rings. The van der Waals surface area contributed by atoms with Gasteiger partial charge in [-0.05, 0) is 31.4 Å². The zero-order valence-corrected chi connectivity index (χ0v) is 12.5. The van der Waals surface area contributed by atoms with Gasteiger partial charge in [-0.3, -0.25) is 4.79 Å². The Bertz CT molecular complexity index is 589. The van der Waals surface area contributed by atoms with Crippen molar-refractivity contribution in [2.24, 2.45) is 5.92 Å². The molecule has 0 aliphatic heterocycles. The second-order valence-corrected chi connectivity index (χ2v) is 4.96. The zero-order chi connectivity index (χ0) is 16.2. The Morgan fingerprint density at radius 3 is 2.38 bits per heavy atom. The molecule has 0 aliphatic carbocycles. The standard InChI is InChI=1S/C16H18F2O3/c1-5-21-16(20)12(6-9(2)3)15(19)11-7-10(4)13(17)8-14(11)18/h6-9H,5H2,1-4H3. The van der Waals surface area contributed by atoms with Crippen LogP contribution >= 0.6 is 0 Å². The molecule has 0 spiro atoms. The van der Waals surface area contributed by atoms with Crippen molar-refractivity contribution in [3.8, 4) is 0 Å². The number of carbonyl (C=O) groups is 2. The number of Topliss-reactive ketones (excluding diaryl/α,β-unsaturated/α-hetero) is 1. The number of hydrogen-bond donors (Lipinski definition) is 0. The van der Waals surface area contributed by atoms with E-state index in [1.165, 1.54) is 13.0 Å². The summed E-state index contributed by atoms with van der Waals surface area (Å²) in [5.41, 5.74) is -0.446. The molecule has 0 atom stereocenters. The van der Waals surface area contributed by atoms with Crippen molar-refractivity contribution in [1.29, 1.82) is 0 Å². The van der Waals surface area contributed by atoms with E-state index in [0.29, 0.717) is 6.07 Å². The monoisotopic (exact) mass is 296 g/mol. The van der Waals surface area contributed by atoms with Crippen molar-refractivity contribution in [1.82, 2.24) is 0 Å². The molecule has 0 N–H and O–H groups in total. The molecule has 1 rings (SSSR count). The maximum Gasteiger partial charge on any atom is 0.341 e. The summed E-state index contributed by atoms with van der Waals surface area (Å²) in [6, 6.07) is 1.74. The third-order valence-corrected chi connectivity index (χ3v) is 2.73. The average Bonchev–Trinajstić information content (AvgIpc) is 2.39. The number of ether oxygens (including phenoxy) is 1.